The number of hydrogen-bond acceptors (Lipinski definition) is 1. The molecular formula is C9H22BF4NO. The van der Waals surface area contributed by atoms with Gasteiger partial charge in [0.15, 0.2) is 0 Å². The molecule has 0 aliphatic heterocycles. The zero-order valence-electron chi connectivity index (χ0n) is 10.5. The van der Waals surface area contributed by atoms with Gasteiger partial charge in [-0.2, -0.15) is 0 Å². The van der Waals surface area contributed by atoms with Gasteiger partial charge < -0.3 is 13.9 Å². The van der Waals surface area contributed by atoms with Crippen molar-refractivity contribution in [2.24, 2.45) is 0 Å². The van der Waals surface area contributed by atoms with Gasteiger partial charge in [-0.25, -0.2) is 0 Å². The molecule has 100 valence electrons. The SMILES string of the molecule is CC[N+](CC)(CC)CCOC.FB(F)F.[F-]. The predicted molar refractivity (Wildman–Crippen MR) is 57.7 cm³/mol. The Morgan fingerprint density at radius 3 is 1.50 bits per heavy atom. The van der Waals surface area contributed by atoms with E-state index in [-0.39, 0.29) is 4.70 Å². The third-order valence-electron chi connectivity index (χ3n) is 2.78. The van der Waals surface area contributed by atoms with Crippen molar-refractivity contribution in [2.75, 3.05) is 39.9 Å². The van der Waals surface area contributed by atoms with Crippen LogP contribution in [0.1, 0.15) is 20.8 Å². The van der Waals surface area contributed by atoms with Crippen LogP contribution in [0.25, 0.3) is 0 Å². The molecule has 0 saturated carbocycles. The highest BCUT2D eigenvalue weighted by Crippen LogP contribution is 2.04. The van der Waals surface area contributed by atoms with Crippen LogP contribution in [0.5, 0.6) is 0 Å². The highest BCUT2D eigenvalue weighted by Gasteiger charge is 2.19. The summed E-state index contributed by atoms with van der Waals surface area (Å²) in [6.07, 6.45) is 0. The summed E-state index contributed by atoms with van der Waals surface area (Å²) in [5.41, 5.74) is 0. The van der Waals surface area contributed by atoms with Crippen LogP contribution in [0.4, 0.5) is 12.9 Å². The van der Waals surface area contributed by atoms with Gasteiger partial charge in [0.1, 0.15) is 6.54 Å². The number of quaternary nitrogens is 1. The van der Waals surface area contributed by atoms with E-state index in [1.165, 1.54) is 24.1 Å². The first-order chi connectivity index (χ1) is 6.97. The average Bonchev–Trinajstić information content (AvgIpc) is 2.20. The lowest BCUT2D eigenvalue weighted by molar-refractivity contribution is -0.923. The number of ether oxygens (including phenoxy) is 1. The van der Waals surface area contributed by atoms with Crippen molar-refractivity contribution in [1.29, 1.82) is 0 Å². The molecule has 0 aromatic carbocycles. The van der Waals surface area contributed by atoms with Crippen molar-refractivity contribution < 1.29 is 26.9 Å². The fraction of sp³-hybridized carbons (Fsp3) is 1.00. The third-order valence-corrected chi connectivity index (χ3v) is 2.78. The Bertz CT molecular complexity index is 126. The fourth-order valence-electron chi connectivity index (χ4n) is 1.43. The van der Waals surface area contributed by atoms with Crippen LogP contribution in [0.15, 0.2) is 0 Å². The molecule has 2 nitrogen and oxygen atoms in total. The largest absolute Gasteiger partial charge is 1.00 e. The van der Waals surface area contributed by atoms with Gasteiger partial charge in [-0.3, -0.25) is 12.9 Å². The molecule has 7 heteroatoms. The van der Waals surface area contributed by atoms with E-state index in [1.807, 2.05) is 0 Å². The first-order valence-corrected chi connectivity index (χ1v) is 5.24. The number of halogens is 4. The molecule has 0 aliphatic rings. The Morgan fingerprint density at radius 2 is 1.31 bits per heavy atom. The van der Waals surface area contributed by atoms with Crippen molar-refractivity contribution in [2.45, 2.75) is 20.8 Å². The fourth-order valence-corrected chi connectivity index (χ4v) is 1.43. The molecule has 0 radical (unpaired) electrons. The van der Waals surface area contributed by atoms with Gasteiger partial charge in [0.25, 0.3) is 0 Å². The maximum absolute atomic E-state index is 9.67. The number of hydrogen-bond donors (Lipinski definition) is 0. The molecule has 0 aromatic rings. The van der Waals surface area contributed by atoms with E-state index in [0.29, 0.717) is 0 Å². The van der Waals surface area contributed by atoms with Gasteiger partial charge in [0, 0.05) is 7.11 Å². The van der Waals surface area contributed by atoms with Crippen LogP contribution in [0.3, 0.4) is 0 Å². The van der Waals surface area contributed by atoms with Gasteiger partial charge in [0.05, 0.1) is 26.2 Å². The van der Waals surface area contributed by atoms with Crippen molar-refractivity contribution in [3.63, 3.8) is 0 Å². The minimum absolute atomic E-state index is 0. The van der Waals surface area contributed by atoms with E-state index in [4.69, 9.17) is 4.74 Å². The van der Waals surface area contributed by atoms with Crippen molar-refractivity contribution in [3.8, 4) is 0 Å². The van der Waals surface area contributed by atoms with Crippen molar-refractivity contribution in [1.82, 2.24) is 0 Å². The quantitative estimate of drug-likeness (QED) is 0.346. The summed E-state index contributed by atoms with van der Waals surface area (Å²) in [7, 11) is -1.89. The Balaban J connectivity index is -0.000000292. The van der Waals surface area contributed by atoms with Crippen LogP contribution in [-0.2, 0) is 4.74 Å². The van der Waals surface area contributed by atoms with E-state index in [0.717, 1.165) is 13.2 Å². The molecule has 0 atom stereocenters. The third kappa shape index (κ3) is 11.8. The second-order valence-corrected chi connectivity index (χ2v) is 3.25. The van der Waals surface area contributed by atoms with E-state index in [1.54, 1.807) is 7.11 Å². The molecule has 0 heterocycles. The molecule has 16 heavy (non-hydrogen) atoms. The van der Waals surface area contributed by atoms with Crippen molar-refractivity contribution in [3.05, 3.63) is 0 Å². The van der Waals surface area contributed by atoms with Crippen molar-refractivity contribution >= 4 is 7.54 Å². The molecule has 0 bridgehead atoms. The number of methoxy groups -OCH3 is 1. The van der Waals surface area contributed by atoms with E-state index < -0.39 is 7.54 Å². The lowest BCUT2D eigenvalue weighted by atomic mass is 10.3. The summed E-state index contributed by atoms with van der Waals surface area (Å²) in [4.78, 5) is 0. The van der Waals surface area contributed by atoms with Crippen LogP contribution in [0, 0.1) is 0 Å². The first-order valence-electron chi connectivity index (χ1n) is 5.24. The maximum atomic E-state index is 9.67. The lowest BCUT2D eigenvalue weighted by Crippen LogP contribution is -3.00. The van der Waals surface area contributed by atoms with Crippen LogP contribution in [0.2, 0.25) is 0 Å². The molecular weight excluding hydrogens is 225 g/mol. The van der Waals surface area contributed by atoms with Crippen LogP contribution < -0.4 is 4.70 Å². The number of nitrogens with zero attached hydrogens (tertiary/aromatic N) is 1. The van der Waals surface area contributed by atoms with Gasteiger partial charge in [-0.05, 0) is 20.8 Å². The second-order valence-electron chi connectivity index (χ2n) is 3.25. The second kappa shape index (κ2) is 12.8. The van der Waals surface area contributed by atoms with Gasteiger partial charge in [-0.1, -0.05) is 0 Å². The molecule has 0 aromatic heterocycles. The van der Waals surface area contributed by atoms with Crippen LogP contribution >= 0.6 is 0 Å². The predicted octanol–water partition coefficient (Wildman–Crippen LogP) is -0.607. The van der Waals surface area contributed by atoms with E-state index >= 15 is 0 Å². The molecule has 0 rings (SSSR count). The average molecular weight is 247 g/mol. The zero-order chi connectivity index (χ0) is 12.3. The Labute approximate surface area is 95.9 Å². The van der Waals surface area contributed by atoms with E-state index in [9.17, 15) is 12.9 Å². The molecule has 0 amide bonds. The van der Waals surface area contributed by atoms with Gasteiger partial charge in [0.2, 0.25) is 0 Å². The Kier molecular flexibility index (Phi) is 16.8. The van der Waals surface area contributed by atoms with E-state index in [2.05, 4.69) is 20.8 Å². The summed E-state index contributed by atoms with van der Waals surface area (Å²) in [6, 6.07) is 0. The van der Waals surface area contributed by atoms with Gasteiger partial charge >= 0.3 is 7.54 Å². The monoisotopic (exact) mass is 247 g/mol. The Morgan fingerprint density at radius 1 is 1.00 bits per heavy atom. The number of rotatable bonds is 6. The normalized spacial score (nSPS) is 9.94. The summed E-state index contributed by atoms with van der Waals surface area (Å²) in [5, 5.41) is 0. The zero-order valence-corrected chi connectivity index (χ0v) is 10.5. The van der Waals surface area contributed by atoms with Crippen LogP contribution in [-0.4, -0.2) is 51.9 Å². The van der Waals surface area contributed by atoms with Gasteiger partial charge in [-0.15, -0.1) is 0 Å². The molecule has 0 spiro atoms. The summed E-state index contributed by atoms with van der Waals surface area (Å²) in [5.74, 6) is 0. The highest BCUT2D eigenvalue weighted by atomic mass is 19.4. The smallest absolute Gasteiger partial charge is 0.762 e. The molecule has 0 aliphatic carbocycles. The summed E-state index contributed by atoms with van der Waals surface area (Å²) >= 11 is 0. The topological polar surface area (TPSA) is 9.23 Å². The molecule has 0 unspecified atom stereocenters. The Hall–Kier alpha value is -0.295. The minimum atomic E-state index is -3.67. The summed E-state index contributed by atoms with van der Waals surface area (Å²) < 4.78 is 35.3. The molecule has 0 N–H and O–H groups in total. The number of likely N-dealkylation sites (N-methyl/N-ethyl adjacent to an activating group) is 1. The first kappa shape index (κ1) is 21.0. The minimum Gasteiger partial charge on any atom is -1.00 e. The standard InChI is InChI=1S/C9H22NO.BF3.FH/c1-5-10(6-2,7-3)8-9-11-4;2-1(3)4;/h5-9H2,1-4H3;;1H/q+1;;/p-1. The summed E-state index contributed by atoms with van der Waals surface area (Å²) in [6.45, 7) is 12.5. The molecule has 0 saturated heterocycles. The lowest BCUT2D eigenvalue weighted by Gasteiger charge is -2.35. The maximum Gasteiger partial charge on any atom is 0.762 e. The molecule has 0 fully saturated rings. The highest BCUT2D eigenvalue weighted by molar-refractivity contribution is 6.33.